The molecule has 166 valence electrons. The molecule has 1 aliphatic carbocycles. The Morgan fingerprint density at radius 1 is 1.23 bits per heavy atom. The highest BCUT2D eigenvalue weighted by molar-refractivity contribution is 5.89. The lowest BCUT2D eigenvalue weighted by molar-refractivity contribution is -0.135. The van der Waals surface area contributed by atoms with Gasteiger partial charge in [0.15, 0.2) is 0 Å². The van der Waals surface area contributed by atoms with Crippen molar-refractivity contribution in [3.63, 3.8) is 0 Å². The SMILES string of the molecule is CN1CCC(C#N)(NC(=O)C(CC2CCCCC2)NC(=O)N2CCOCC2)CC1=O. The van der Waals surface area contributed by atoms with Gasteiger partial charge in [-0.25, -0.2) is 4.79 Å². The number of nitrogens with one attached hydrogen (secondary N) is 2. The minimum Gasteiger partial charge on any atom is -0.378 e. The van der Waals surface area contributed by atoms with Crippen LogP contribution in [-0.4, -0.2) is 79.1 Å². The van der Waals surface area contributed by atoms with E-state index < -0.39 is 11.6 Å². The summed E-state index contributed by atoms with van der Waals surface area (Å²) >= 11 is 0. The predicted molar refractivity (Wildman–Crippen MR) is 109 cm³/mol. The molecule has 0 aromatic heterocycles. The number of amides is 4. The molecule has 0 aromatic rings. The smallest absolute Gasteiger partial charge is 0.318 e. The summed E-state index contributed by atoms with van der Waals surface area (Å²) in [4.78, 5) is 41.3. The minimum atomic E-state index is -1.21. The fraction of sp³-hybridized carbons (Fsp3) is 0.810. The Balaban J connectivity index is 1.69. The highest BCUT2D eigenvalue weighted by Gasteiger charge is 2.41. The molecular formula is C21H33N5O4. The molecule has 3 fully saturated rings. The van der Waals surface area contributed by atoms with E-state index in [-0.39, 0.29) is 24.3 Å². The van der Waals surface area contributed by atoms with E-state index in [1.54, 1.807) is 16.8 Å². The van der Waals surface area contributed by atoms with Gasteiger partial charge in [-0.05, 0) is 12.3 Å². The van der Waals surface area contributed by atoms with Gasteiger partial charge in [0.05, 0.1) is 25.7 Å². The van der Waals surface area contributed by atoms with Crippen LogP contribution < -0.4 is 10.6 Å². The number of hydrogen-bond donors (Lipinski definition) is 2. The zero-order valence-electron chi connectivity index (χ0n) is 17.8. The first kappa shape index (κ1) is 22.3. The van der Waals surface area contributed by atoms with Crippen LogP contribution in [0.5, 0.6) is 0 Å². The molecule has 1 saturated carbocycles. The Morgan fingerprint density at radius 2 is 1.93 bits per heavy atom. The molecule has 3 aliphatic rings. The molecule has 9 heteroatoms. The molecule has 0 radical (unpaired) electrons. The summed E-state index contributed by atoms with van der Waals surface area (Å²) in [6.07, 6.45) is 6.47. The summed E-state index contributed by atoms with van der Waals surface area (Å²) < 4.78 is 5.30. The molecule has 2 unspecified atom stereocenters. The van der Waals surface area contributed by atoms with Crippen LogP contribution in [0.4, 0.5) is 4.79 Å². The molecule has 2 N–H and O–H groups in total. The van der Waals surface area contributed by atoms with Crippen molar-refractivity contribution in [2.24, 2.45) is 5.92 Å². The Morgan fingerprint density at radius 3 is 2.57 bits per heavy atom. The quantitative estimate of drug-likeness (QED) is 0.690. The number of piperidine rings is 1. The van der Waals surface area contributed by atoms with Crippen LogP contribution in [0.1, 0.15) is 51.4 Å². The number of carbonyl (C=O) groups is 3. The molecule has 3 rings (SSSR count). The van der Waals surface area contributed by atoms with Gasteiger partial charge in [0.25, 0.3) is 0 Å². The number of carbonyl (C=O) groups excluding carboxylic acids is 3. The maximum Gasteiger partial charge on any atom is 0.318 e. The van der Waals surface area contributed by atoms with Gasteiger partial charge in [-0.15, -0.1) is 0 Å². The van der Waals surface area contributed by atoms with E-state index in [2.05, 4.69) is 16.7 Å². The highest BCUT2D eigenvalue weighted by Crippen LogP contribution is 2.28. The lowest BCUT2D eigenvalue weighted by atomic mass is 9.84. The summed E-state index contributed by atoms with van der Waals surface area (Å²) in [5.74, 6) is -0.165. The summed E-state index contributed by atoms with van der Waals surface area (Å²) in [5.41, 5.74) is -1.21. The molecule has 2 heterocycles. The topological polar surface area (TPSA) is 115 Å². The molecule has 30 heavy (non-hydrogen) atoms. The molecule has 2 aliphatic heterocycles. The predicted octanol–water partition coefficient (Wildman–Crippen LogP) is 0.998. The van der Waals surface area contributed by atoms with Crippen LogP contribution in [0.2, 0.25) is 0 Å². The standard InChI is InChI=1S/C21H33N5O4/c1-25-8-7-21(15-22,14-18(25)27)24-19(28)17(13-16-5-3-2-4-6-16)23-20(29)26-9-11-30-12-10-26/h16-17H,2-14H2,1H3,(H,23,29)(H,24,28). The fourth-order valence-electron chi connectivity index (χ4n) is 4.51. The number of nitrogens with zero attached hydrogens (tertiary/aromatic N) is 3. The minimum absolute atomic E-state index is 0.0424. The number of hydrogen-bond acceptors (Lipinski definition) is 5. The molecule has 0 bridgehead atoms. The van der Waals surface area contributed by atoms with E-state index in [4.69, 9.17) is 4.74 Å². The Bertz CT molecular complexity index is 681. The van der Waals surface area contributed by atoms with E-state index in [1.165, 1.54) is 6.42 Å². The van der Waals surface area contributed by atoms with Crippen LogP contribution in [-0.2, 0) is 14.3 Å². The van der Waals surface area contributed by atoms with Crippen molar-refractivity contribution in [3.05, 3.63) is 0 Å². The summed E-state index contributed by atoms with van der Waals surface area (Å²) in [7, 11) is 1.69. The average molecular weight is 420 g/mol. The van der Waals surface area contributed by atoms with E-state index in [0.29, 0.717) is 51.6 Å². The van der Waals surface area contributed by atoms with Crippen LogP contribution in [0, 0.1) is 17.2 Å². The van der Waals surface area contributed by atoms with Gasteiger partial charge >= 0.3 is 6.03 Å². The normalized spacial score (nSPS) is 26.6. The second-order valence-corrected chi connectivity index (χ2v) is 8.77. The van der Waals surface area contributed by atoms with Gasteiger partial charge in [0.1, 0.15) is 11.6 Å². The van der Waals surface area contributed by atoms with Crippen molar-refractivity contribution in [2.75, 3.05) is 39.9 Å². The van der Waals surface area contributed by atoms with Gasteiger partial charge in [0, 0.05) is 33.1 Å². The van der Waals surface area contributed by atoms with Crippen molar-refractivity contribution in [2.45, 2.75) is 62.9 Å². The van der Waals surface area contributed by atoms with Crippen LogP contribution in [0.15, 0.2) is 0 Å². The first-order valence-electron chi connectivity index (χ1n) is 11.0. The number of rotatable bonds is 5. The second kappa shape index (κ2) is 10.1. The van der Waals surface area contributed by atoms with Crippen LogP contribution in [0.3, 0.4) is 0 Å². The van der Waals surface area contributed by atoms with Gasteiger partial charge in [-0.1, -0.05) is 32.1 Å². The summed E-state index contributed by atoms with van der Waals surface area (Å²) in [6.45, 7) is 2.37. The average Bonchev–Trinajstić information content (AvgIpc) is 2.77. The largest absolute Gasteiger partial charge is 0.378 e. The molecule has 2 saturated heterocycles. The number of urea groups is 1. The lowest BCUT2D eigenvalue weighted by Gasteiger charge is -2.37. The zero-order valence-corrected chi connectivity index (χ0v) is 17.8. The molecule has 0 aromatic carbocycles. The number of likely N-dealkylation sites (tertiary alicyclic amines) is 1. The lowest BCUT2D eigenvalue weighted by Crippen LogP contribution is -2.61. The van der Waals surface area contributed by atoms with Crippen molar-refractivity contribution in [1.82, 2.24) is 20.4 Å². The third-order valence-electron chi connectivity index (χ3n) is 6.54. The van der Waals surface area contributed by atoms with Gasteiger partial charge < -0.3 is 25.2 Å². The zero-order chi connectivity index (χ0) is 21.6. The molecule has 4 amide bonds. The highest BCUT2D eigenvalue weighted by atomic mass is 16.5. The van der Waals surface area contributed by atoms with Crippen molar-refractivity contribution >= 4 is 17.8 Å². The molecule has 0 spiro atoms. The van der Waals surface area contributed by atoms with E-state index in [1.807, 2.05) is 0 Å². The van der Waals surface area contributed by atoms with Gasteiger partial charge in [0.2, 0.25) is 11.8 Å². The van der Waals surface area contributed by atoms with E-state index >= 15 is 0 Å². The summed E-state index contributed by atoms with van der Waals surface area (Å²) in [5, 5.41) is 15.5. The summed E-state index contributed by atoms with van der Waals surface area (Å²) in [6, 6.07) is 1.16. The molecule has 9 nitrogen and oxygen atoms in total. The van der Waals surface area contributed by atoms with Crippen molar-refractivity contribution in [1.29, 1.82) is 5.26 Å². The van der Waals surface area contributed by atoms with Crippen molar-refractivity contribution < 1.29 is 19.1 Å². The van der Waals surface area contributed by atoms with Crippen molar-refractivity contribution in [3.8, 4) is 6.07 Å². The first-order chi connectivity index (χ1) is 14.4. The fourth-order valence-corrected chi connectivity index (χ4v) is 4.51. The van der Waals surface area contributed by atoms with Gasteiger partial charge in [-0.2, -0.15) is 5.26 Å². The maximum atomic E-state index is 13.2. The first-order valence-corrected chi connectivity index (χ1v) is 11.0. The monoisotopic (exact) mass is 419 g/mol. The second-order valence-electron chi connectivity index (χ2n) is 8.77. The Kier molecular flexibility index (Phi) is 7.53. The Hall–Kier alpha value is -2.34. The van der Waals surface area contributed by atoms with E-state index in [0.717, 1.165) is 25.7 Å². The van der Waals surface area contributed by atoms with E-state index in [9.17, 15) is 19.6 Å². The molecule has 2 atom stereocenters. The van der Waals surface area contributed by atoms with Gasteiger partial charge in [-0.3, -0.25) is 9.59 Å². The third kappa shape index (κ3) is 5.63. The third-order valence-corrected chi connectivity index (χ3v) is 6.54. The molecular weight excluding hydrogens is 386 g/mol. The van der Waals surface area contributed by atoms with Crippen LogP contribution >= 0.6 is 0 Å². The number of morpholine rings is 1. The van der Waals surface area contributed by atoms with Crippen LogP contribution in [0.25, 0.3) is 0 Å². The number of nitriles is 1. The Labute approximate surface area is 178 Å². The maximum absolute atomic E-state index is 13.2. The number of ether oxygens (including phenoxy) is 1.